The number of hydrogen-bond acceptors (Lipinski definition) is 9. The molecule has 4 N–H and O–H groups in total. The number of thioether (sulfide) groups is 1. The van der Waals surface area contributed by atoms with Crippen molar-refractivity contribution in [3.8, 4) is 11.5 Å². The van der Waals surface area contributed by atoms with Crippen molar-refractivity contribution in [3.05, 3.63) is 48.0 Å². The summed E-state index contributed by atoms with van der Waals surface area (Å²) in [7, 11) is 1.60. The second-order valence-corrected chi connectivity index (χ2v) is 9.50. The highest BCUT2D eigenvalue weighted by Crippen LogP contribution is 2.36. The number of aliphatic hydroxyl groups is 4. The van der Waals surface area contributed by atoms with Gasteiger partial charge in [-0.15, -0.1) is 0 Å². The highest BCUT2D eigenvalue weighted by molar-refractivity contribution is 7.99. The first-order valence-corrected chi connectivity index (χ1v) is 12.0. The normalized spacial score (nSPS) is 25.1. The van der Waals surface area contributed by atoms with Gasteiger partial charge in [-0.3, -0.25) is 0 Å². The second kappa shape index (κ2) is 10.5. The highest BCUT2D eigenvalue weighted by Gasteiger charge is 2.44. The van der Waals surface area contributed by atoms with Gasteiger partial charge in [0.05, 0.1) is 37.4 Å². The lowest BCUT2D eigenvalue weighted by atomic mass is 10.0. The van der Waals surface area contributed by atoms with E-state index in [-0.39, 0.29) is 6.10 Å². The molecule has 0 radical (unpaired) electrons. The molecule has 0 aliphatic carbocycles. The standard InChI is InChI=1S/C24H30N2O7S/c1-13(2)32-17-9-8-14(10-18(17)31-3)11-26-16-7-5-4-6-15(16)25-24(26)34-23-22(30)21(29)20(28)19(12-27)33-23/h4-10,13,19-23,27-30H,11-12H2,1-3H3. The summed E-state index contributed by atoms with van der Waals surface area (Å²) in [5.41, 5.74) is 1.67. The summed E-state index contributed by atoms with van der Waals surface area (Å²) >= 11 is 1.13. The molecule has 5 unspecified atom stereocenters. The third-order valence-electron chi connectivity index (χ3n) is 5.62. The van der Waals surface area contributed by atoms with Crippen LogP contribution in [0.25, 0.3) is 11.0 Å². The summed E-state index contributed by atoms with van der Waals surface area (Å²) in [5, 5.41) is 40.8. The van der Waals surface area contributed by atoms with E-state index in [0.717, 1.165) is 28.4 Å². The van der Waals surface area contributed by atoms with Gasteiger partial charge in [0.25, 0.3) is 0 Å². The predicted octanol–water partition coefficient (Wildman–Crippen LogP) is 1.77. The summed E-state index contributed by atoms with van der Waals surface area (Å²) < 4.78 is 19.0. The number of ether oxygens (including phenoxy) is 3. The van der Waals surface area contributed by atoms with Crippen LogP contribution in [0.1, 0.15) is 19.4 Å². The lowest BCUT2D eigenvalue weighted by Gasteiger charge is -2.39. The average Bonchev–Trinajstić information content (AvgIpc) is 3.16. The molecular formula is C24H30N2O7S. The number of methoxy groups -OCH3 is 1. The van der Waals surface area contributed by atoms with E-state index in [9.17, 15) is 20.4 Å². The fraction of sp³-hybridized carbons (Fsp3) is 0.458. The zero-order valence-electron chi connectivity index (χ0n) is 19.2. The van der Waals surface area contributed by atoms with Crippen LogP contribution in [0.5, 0.6) is 11.5 Å². The van der Waals surface area contributed by atoms with E-state index >= 15 is 0 Å². The van der Waals surface area contributed by atoms with Crippen LogP contribution in [0.3, 0.4) is 0 Å². The number of aliphatic hydroxyl groups excluding tert-OH is 4. The molecule has 10 heteroatoms. The molecule has 0 saturated carbocycles. The van der Waals surface area contributed by atoms with Crippen LogP contribution in [0, 0.1) is 0 Å². The molecule has 1 fully saturated rings. The van der Waals surface area contributed by atoms with E-state index in [0.29, 0.717) is 23.2 Å². The minimum Gasteiger partial charge on any atom is -0.493 e. The van der Waals surface area contributed by atoms with E-state index in [1.807, 2.05) is 60.9 Å². The van der Waals surface area contributed by atoms with Crippen LogP contribution in [0.4, 0.5) is 0 Å². The lowest BCUT2D eigenvalue weighted by molar-refractivity contribution is -0.205. The SMILES string of the molecule is COc1cc(Cn2c(SC3OC(CO)C(O)C(O)C3O)nc3ccccc32)ccc1OC(C)C. The Labute approximate surface area is 201 Å². The first-order chi connectivity index (χ1) is 16.3. The number of benzene rings is 2. The molecule has 4 rings (SSSR count). The second-order valence-electron chi connectivity index (χ2n) is 8.44. The molecule has 1 aliphatic rings. The number of rotatable bonds is 8. The molecule has 9 nitrogen and oxygen atoms in total. The third kappa shape index (κ3) is 5.02. The fourth-order valence-electron chi connectivity index (χ4n) is 3.91. The van der Waals surface area contributed by atoms with Crippen molar-refractivity contribution < 1.29 is 34.6 Å². The Morgan fingerprint density at radius 2 is 1.82 bits per heavy atom. The maximum atomic E-state index is 10.5. The first kappa shape index (κ1) is 24.8. The van der Waals surface area contributed by atoms with Gasteiger partial charge in [0, 0.05) is 0 Å². The Hall–Kier alpha value is -2.34. The topological polar surface area (TPSA) is 126 Å². The number of aromatic nitrogens is 2. The van der Waals surface area contributed by atoms with Gasteiger partial charge >= 0.3 is 0 Å². The van der Waals surface area contributed by atoms with Crippen molar-refractivity contribution in [1.82, 2.24) is 9.55 Å². The van der Waals surface area contributed by atoms with Gasteiger partial charge in [-0.2, -0.15) is 0 Å². The maximum Gasteiger partial charge on any atom is 0.171 e. The van der Waals surface area contributed by atoms with Gasteiger partial charge in [-0.05, 0) is 43.7 Å². The Kier molecular flexibility index (Phi) is 7.66. The maximum absolute atomic E-state index is 10.5. The van der Waals surface area contributed by atoms with Crippen LogP contribution >= 0.6 is 11.8 Å². The Morgan fingerprint density at radius 1 is 1.06 bits per heavy atom. The number of hydrogen-bond donors (Lipinski definition) is 4. The summed E-state index contributed by atoms with van der Waals surface area (Å²) in [4.78, 5) is 4.70. The zero-order valence-corrected chi connectivity index (χ0v) is 20.1. The Morgan fingerprint density at radius 3 is 2.53 bits per heavy atom. The molecule has 0 amide bonds. The Balaban J connectivity index is 1.66. The van der Waals surface area contributed by atoms with E-state index in [1.165, 1.54) is 0 Å². The molecule has 0 bridgehead atoms. The number of para-hydroxylation sites is 2. The van der Waals surface area contributed by atoms with Gasteiger partial charge in [-0.1, -0.05) is 30.0 Å². The summed E-state index contributed by atoms with van der Waals surface area (Å²) in [6, 6.07) is 13.4. The van der Waals surface area contributed by atoms with E-state index in [4.69, 9.17) is 19.2 Å². The molecule has 184 valence electrons. The monoisotopic (exact) mass is 490 g/mol. The predicted molar refractivity (Wildman–Crippen MR) is 127 cm³/mol. The number of nitrogens with zero attached hydrogens (tertiary/aromatic N) is 2. The summed E-state index contributed by atoms with van der Waals surface area (Å²) in [6.45, 7) is 3.88. The molecule has 1 aromatic heterocycles. The molecule has 0 spiro atoms. The van der Waals surface area contributed by atoms with Gasteiger partial charge in [0.1, 0.15) is 29.9 Å². The van der Waals surface area contributed by atoms with Crippen molar-refractivity contribution in [2.75, 3.05) is 13.7 Å². The highest BCUT2D eigenvalue weighted by atomic mass is 32.2. The third-order valence-corrected chi connectivity index (χ3v) is 6.77. The molecule has 5 atom stereocenters. The van der Waals surface area contributed by atoms with Crippen LogP contribution in [-0.2, 0) is 11.3 Å². The number of imidazole rings is 1. The van der Waals surface area contributed by atoms with E-state index < -0.39 is 36.5 Å². The molecule has 2 aromatic carbocycles. The zero-order chi connectivity index (χ0) is 24.4. The number of fused-ring (bicyclic) bond motifs is 1. The molecular weight excluding hydrogens is 460 g/mol. The van der Waals surface area contributed by atoms with Crippen LogP contribution in [0.15, 0.2) is 47.6 Å². The van der Waals surface area contributed by atoms with Gasteiger partial charge in [0.2, 0.25) is 0 Å². The fourth-order valence-corrected chi connectivity index (χ4v) is 5.06. The van der Waals surface area contributed by atoms with Crippen molar-refractivity contribution >= 4 is 22.8 Å². The summed E-state index contributed by atoms with van der Waals surface area (Å²) in [6.07, 6.45) is -5.18. The molecule has 1 aliphatic heterocycles. The van der Waals surface area contributed by atoms with Crippen molar-refractivity contribution in [2.45, 2.75) is 61.5 Å². The molecule has 3 aromatic rings. The minimum absolute atomic E-state index is 0.0129. The van der Waals surface area contributed by atoms with Crippen molar-refractivity contribution in [1.29, 1.82) is 0 Å². The quantitative estimate of drug-likeness (QED) is 0.374. The first-order valence-electron chi connectivity index (χ1n) is 11.1. The van der Waals surface area contributed by atoms with Crippen LogP contribution in [-0.4, -0.2) is 79.6 Å². The van der Waals surface area contributed by atoms with Gasteiger partial charge < -0.3 is 39.2 Å². The molecule has 34 heavy (non-hydrogen) atoms. The van der Waals surface area contributed by atoms with Crippen molar-refractivity contribution in [3.63, 3.8) is 0 Å². The average molecular weight is 491 g/mol. The van der Waals surface area contributed by atoms with Gasteiger partial charge in [0.15, 0.2) is 16.7 Å². The van der Waals surface area contributed by atoms with Crippen LogP contribution in [0.2, 0.25) is 0 Å². The van der Waals surface area contributed by atoms with Crippen molar-refractivity contribution in [2.24, 2.45) is 0 Å². The largest absolute Gasteiger partial charge is 0.493 e. The molecule has 1 saturated heterocycles. The lowest BCUT2D eigenvalue weighted by Crippen LogP contribution is -2.57. The van der Waals surface area contributed by atoms with E-state index in [1.54, 1.807) is 7.11 Å². The van der Waals surface area contributed by atoms with Gasteiger partial charge in [-0.25, -0.2) is 4.98 Å². The van der Waals surface area contributed by atoms with E-state index in [2.05, 4.69) is 0 Å². The Bertz CT molecular complexity index is 1120. The smallest absolute Gasteiger partial charge is 0.171 e. The minimum atomic E-state index is -1.45. The molecule has 2 heterocycles. The summed E-state index contributed by atoms with van der Waals surface area (Å²) in [5.74, 6) is 1.28. The van der Waals surface area contributed by atoms with Crippen LogP contribution < -0.4 is 9.47 Å².